The zero-order chi connectivity index (χ0) is 20.1. The molecule has 0 saturated heterocycles. The predicted octanol–water partition coefficient (Wildman–Crippen LogP) is 7.46. The highest BCUT2D eigenvalue weighted by atomic mass is 28.4. The minimum atomic E-state index is -2.07. The molecule has 0 spiro atoms. The van der Waals surface area contributed by atoms with Crippen molar-refractivity contribution >= 4 is 8.56 Å². The quantitative estimate of drug-likeness (QED) is 0.243. The Morgan fingerprint density at radius 2 is 1.29 bits per heavy atom. The van der Waals surface area contributed by atoms with Gasteiger partial charge in [0, 0.05) is 6.61 Å². The molecular formula is C24H36O3Si. The maximum Gasteiger partial charge on any atom is 0.332 e. The number of hydrogen-bond acceptors (Lipinski definition) is 3. The van der Waals surface area contributed by atoms with E-state index in [1.165, 1.54) is 38.5 Å². The van der Waals surface area contributed by atoms with Crippen molar-refractivity contribution in [2.75, 3.05) is 6.61 Å². The highest BCUT2D eigenvalue weighted by Gasteiger charge is 2.24. The molecule has 0 atom stereocenters. The summed E-state index contributed by atoms with van der Waals surface area (Å²) in [4.78, 5) is 0. The van der Waals surface area contributed by atoms with Crippen LogP contribution in [0.4, 0.5) is 0 Å². The van der Waals surface area contributed by atoms with Crippen molar-refractivity contribution in [2.24, 2.45) is 0 Å². The fraction of sp³-hybridized carbons (Fsp3) is 0.500. The molecule has 3 nitrogen and oxygen atoms in total. The molecule has 0 saturated carbocycles. The monoisotopic (exact) mass is 400 g/mol. The molecule has 0 N–H and O–H groups in total. The van der Waals surface area contributed by atoms with Gasteiger partial charge in [0.15, 0.2) is 0 Å². The van der Waals surface area contributed by atoms with Crippen molar-refractivity contribution in [1.29, 1.82) is 0 Å². The molecule has 28 heavy (non-hydrogen) atoms. The number of benzene rings is 2. The van der Waals surface area contributed by atoms with Crippen LogP contribution in [0.5, 0.6) is 11.5 Å². The Bertz CT molecular complexity index is 641. The first-order chi connectivity index (χ1) is 13.6. The molecule has 0 unspecified atom stereocenters. The number of ether oxygens (including phenoxy) is 1. The third-order valence-electron chi connectivity index (χ3n) is 4.69. The fourth-order valence-corrected chi connectivity index (χ4v) is 4.19. The van der Waals surface area contributed by atoms with Crippen LogP contribution in [-0.2, 0) is 15.5 Å². The number of hydrogen-bond donors (Lipinski definition) is 0. The molecule has 0 aliphatic heterocycles. The minimum absolute atomic E-state index is 0.585. The summed E-state index contributed by atoms with van der Waals surface area (Å²) in [6.45, 7) is 7.91. The van der Waals surface area contributed by atoms with E-state index < -0.39 is 8.56 Å². The van der Waals surface area contributed by atoms with Gasteiger partial charge < -0.3 is 13.6 Å². The lowest BCUT2D eigenvalue weighted by Gasteiger charge is -2.23. The summed E-state index contributed by atoms with van der Waals surface area (Å²) in [5, 5.41) is 0. The van der Waals surface area contributed by atoms with E-state index in [1.54, 1.807) is 0 Å². The van der Waals surface area contributed by atoms with Gasteiger partial charge in [0.05, 0.1) is 6.61 Å². The fourth-order valence-electron chi connectivity index (χ4n) is 2.95. The topological polar surface area (TPSA) is 27.7 Å². The van der Waals surface area contributed by atoms with Gasteiger partial charge in [-0.25, -0.2) is 0 Å². The summed E-state index contributed by atoms with van der Waals surface area (Å²) >= 11 is 0. The Balaban J connectivity index is 1.63. The maximum atomic E-state index is 6.11. The van der Waals surface area contributed by atoms with Crippen LogP contribution in [0.2, 0.25) is 13.1 Å². The number of rotatable bonds is 14. The lowest BCUT2D eigenvalue weighted by atomic mass is 10.1. The number of para-hydroxylation sites is 1. The van der Waals surface area contributed by atoms with Crippen molar-refractivity contribution in [3.8, 4) is 11.5 Å². The highest BCUT2D eigenvalue weighted by molar-refractivity contribution is 6.64. The second kappa shape index (κ2) is 12.8. The van der Waals surface area contributed by atoms with Crippen LogP contribution < -0.4 is 4.74 Å². The van der Waals surface area contributed by atoms with Gasteiger partial charge in [0.2, 0.25) is 0 Å². The molecule has 4 heteroatoms. The van der Waals surface area contributed by atoms with Crippen LogP contribution in [0.1, 0.15) is 57.4 Å². The SMILES string of the molecule is CCCCCCCCCO[Si](C)(C)OCc1ccc(Oc2ccccc2)cc1. The van der Waals surface area contributed by atoms with Gasteiger partial charge in [-0.1, -0.05) is 75.8 Å². The maximum absolute atomic E-state index is 6.11. The van der Waals surface area contributed by atoms with Gasteiger partial charge in [-0.2, -0.15) is 0 Å². The summed E-state index contributed by atoms with van der Waals surface area (Å²) in [6, 6.07) is 17.9. The van der Waals surface area contributed by atoms with Crippen LogP contribution >= 0.6 is 0 Å². The summed E-state index contributed by atoms with van der Waals surface area (Å²) < 4.78 is 18.0. The zero-order valence-corrected chi connectivity index (χ0v) is 18.8. The van der Waals surface area contributed by atoms with Crippen LogP contribution in [0.25, 0.3) is 0 Å². The summed E-state index contributed by atoms with van der Waals surface area (Å²) in [6.07, 6.45) is 9.12. The first kappa shape index (κ1) is 22.7. The number of unbranched alkanes of at least 4 members (excludes halogenated alkanes) is 6. The van der Waals surface area contributed by atoms with Crippen LogP contribution in [0.3, 0.4) is 0 Å². The normalized spacial score (nSPS) is 11.5. The van der Waals surface area contributed by atoms with Gasteiger partial charge in [-0.3, -0.25) is 0 Å². The van der Waals surface area contributed by atoms with Crippen LogP contribution in [0.15, 0.2) is 54.6 Å². The third-order valence-corrected chi connectivity index (χ3v) is 6.43. The van der Waals surface area contributed by atoms with Crippen LogP contribution in [-0.4, -0.2) is 15.2 Å². The van der Waals surface area contributed by atoms with E-state index in [0.29, 0.717) is 6.61 Å². The standard InChI is InChI=1S/C24H36O3Si/c1-4-5-6-7-8-9-13-20-25-28(2,3)26-21-22-16-18-24(19-17-22)27-23-14-11-10-12-15-23/h10-12,14-19H,4-9,13,20-21H2,1-3H3. The molecule has 2 aromatic rings. The van der Waals surface area contributed by atoms with Gasteiger partial charge >= 0.3 is 8.56 Å². The van der Waals surface area contributed by atoms with E-state index in [0.717, 1.165) is 30.1 Å². The van der Waals surface area contributed by atoms with E-state index in [2.05, 4.69) is 32.2 Å². The molecular weight excluding hydrogens is 364 g/mol. The molecule has 0 aliphatic rings. The first-order valence-corrected chi connectivity index (χ1v) is 13.5. The van der Waals surface area contributed by atoms with Crippen molar-refractivity contribution in [3.05, 3.63) is 60.2 Å². The van der Waals surface area contributed by atoms with Crippen molar-refractivity contribution in [3.63, 3.8) is 0 Å². The smallest absolute Gasteiger partial charge is 0.332 e. The predicted molar refractivity (Wildman–Crippen MR) is 119 cm³/mol. The molecule has 2 aromatic carbocycles. The Morgan fingerprint density at radius 3 is 1.96 bits per heavy atom. The second-order valence-electron chi connectivity index (χ2n) is 7.72. The molecule has 0 aromatic heterocycles. The summed E-state index contributed by atoms with van der Waals surface area (Å²) in [5.41, 5.74) is 1.14. The summed E-state index contributed by atoms with van der Waals surface area (Å²) in [5.74, 6) is 1.68. The lowest BCUT2D eigenvalue weighted by molar-refractivity contribution is 0.168. The van der Waals surface area contributed by atoms with Gasteiger partial charge in [-0.15, -0.1) is 0 Å². The van der Waals surface area contributed by atoms with Gasteiger partial charge in [0.25, 0.3) is 0 Å². The van der Waals surface area contributed by atoms with E-state index in [9.17, 15) is 0 Å². The molecule has 154 valence electrons. The minimum Gasteiger partial charge on any atom is -0.457 e. The van der Waals surface area contributed by atoms with Crippen molar-refractivity contribution < 1.29 is 13.6 Å². The van der Waals surface area contributed by atoms with E-state index >= 15 is 0 Å². The second-order valence-corrected chi connectivity index (χ2v) is 11.1. The van der Waals surface area contributed by atoms with Crippen molar-refractivity contribution in [2.45, 2.75) is 71.6 Å². The van der Waals surface area contributed by atoms with E-state index in [-0.39, 0.29) is 0 Å². The Labute approximate surface area is 172 Å². The van der Waals surface area contributed by atoms with E-state index in [4.69, 9.17) is 13.6 Å². The Hall–Kier alpha value is -1.62. The largest absolute Gasteiger partial charge is 0.457 e. The average molecular weight is 401 g/mol. The first-order valence-electron chi connectivity index (χ1n) is 10.7. The molecule has 2 rings (SSSR count). The third kappa shape index (κ3) is 9.54. The van der Waals surface area contributed by atoms with Crippen molar-refractivity contribution in [1.82, 2.24) is 0 Å². The van der Waals surface area contributed by atoms with E-state index in [1.807, 2.05) is 42.5 Å². The molecule has 0 bridgehead atoms. The summed E-state index contributed by atoms with van der Waals surface area (Å²) in [7, 11) is -2.07. The average Bonchev–Trinajstić information content (AvgIpc) is 2.70. The van der Waals surface area contributed by atoms with Gasteiger partial charge in [0.1, 0.15) is 11.5 Å². The Kier molecular flexibility index (Phi) is 10.3. The highest BCUT2D eigenvalue weighted by Crippen LogP contribution is 2.22. The molecule has 0 radical (unpaired) electrons. The molecule has 0 heterocycles. The van der Waals surface area contributed by atoms with Crippen LogP contribution in [0, 0.1) is 0 Å². The Morgan fingerprint density at radius 1 is 0.679 bits per heavy atom. The molecule has 0 fully saturated rings. The molecule has 0 amide bonds. The zero-order valence-electron chi connectivity index (χ0n) is 17.8. The van der Waals surface area contributed by atoms with Gasteiger partial charge in [-0.05, 0) is 49.3 Å². The molecule has 0 aliphatic carbocycles. The lowest BCUT2D eigenvalue weighted by Crippen LogP contribution is -2.35.